The van der Waals surface area contributed by atoms with E-state index in [2.05, 4.69) is 16.4 Å². The number of nitrogens with one attached hydrogen (secondary N) is 1. The van der Waals surface area contributed by atoms with Crippen molar-refractivity contribution >= 4 is 11.6 Å². The summed E-state index contributed by atoms with van der Waals surface area (Å²) in [5.74, 6) is -0.265. The van der Waals surface area contributed by atoms with Crippen molar-refractivity contribution in [1.29, 1.82) is 5.26 Å². The zero-order chi connectivity index (χ0) is 24.9. The fourth-order valence-corrected chi connectivity index (χ4v) is 4.92. The summed E-state index contributed by atoms with van der Waals surface area (Å²) in [6, 6.07) is 12.7. The highest BCUT2D eigenvalue weighted by Crippen LogP contribution is 2.32. The average molecular weight is 474 g/mol. The van der Waals surface area contributed by atoms with Crippen LogP contribution in [-0.4, -0.2) is 65.5 Å². The summed E-state index contributed by atoms with van der Waals surface area (Å²) >= 11 is 0. The predicted octanol–water partition coefficient (Wildman–Crippen LogP) is 3.09. The van der Waals surface area contributed by atoms with Crippen LogP contribution in [0.5, 0.6) is 0 Å². The van der Waals surface area contributed by atoms with E-state index in [1.807, 2.05) is 60.7 Å². The van der Waals surface area contributed by atoms with Crippen molar-refractivity contribution in [2.45, 2.75) is 25.9 Å². The van der Waals surface area contributed by atoms with E-state index >= 15 is 0 Å². The van der Waals surface area contributed by atoms with Crippen LogP contribution in [0.1, 0.15) is 33.7 Å². The van der Waals surface area contributed by atoms with E-state index in [4.69, 9.17) is 10.2 Å². The van der Waals surface area contributed by atoms with E-state index in [1.165, 1.54) is 12.1 Å². The molecule has 1 saturated heterocycles. The number of rotatable bonds is 4. The first-order valence-electron chi connectivity index (χ1n) is 11.6. The molecule has 1 fully saturated rings. The van der Waals surface area contributed by atoms with Crippen molar-refractivity contribution in [3.8, 4) is 23.1 Å². The van der Waals surface area contributed by atoms with Crippen molar-refractivity contribution in [3.05, 3.63) is 64.7 Å². The number of hydrogen-bond acceptors (Lipinski definition) is 6. The SMILES string of the molecule is Cc1c(C(=O)N2CC[C@H](N(C)C)C2)nc(-c2ccc(C#N)c(F)c2)n1-c1ccc2c(c1)CNN2C. The lowest BCUT2D eigenvalue weighted by molar-refractivity contribution is 0.0777. The second-order valence-electron chi connectivity index (χ2n) is 9.38. The summed E-state index contributed by atoms with van der Waals surface area (Å²) in [5.41, 5.74) is 7.87. The smallest absolute Gasteiger partial charge is 0.274 e. The Morgan fingerprint density at radius 3 is 2.74 bits per heavy atom. The van der Waals surface area contributed by atoms with Crippen LogP contribution in [0.15, 0.2) is 36.4 Å². The standard InChI is InChI=1S/C26H28FN7O/c1-16-24(26(35)33-10-9-21(15-33)31(2)3)30-25(17-5-6-18(13-28)22(27)12-17)34(16)20-7-8-23-19(11-20)14-29-32(23)4/h5-8,11-12,21,29H,9-10,14-15H2,1-4H3/t21-/m0/s1. The molecule has 3 aromatic rings. The van der Waals surface area contributed by atoms with E-state index in [-0.39, 0.29) is 11.5 Å². The summed E-state index contributed by atoms with van der Waals surface area (Å²) in [7, 11) is 6.01. The van der Waals surface area contributed by atoms with Crippen LogP contribution in [-0.2, 0) is 6.54 Å². The Morgan fingerprint density at radius 2 is 2.06 bits per heavy atom. The number of nitrogens with zero attached hydrogens (tertiary/aromatic N) is 6. The number of carbonyl (C=O) groups excluding carboxylic acids is 1. The van der Waals surface area contributed by atoms with Crippen LogP contribution < -0.4 is 10.4 Å². The average Bonchev–Trinajstić information content (AvgIpc) is 3.56. The summed E-state index contributed by atoms with van der Waals surface area (Å²) in [6.45, 7) is 3.89. The number of fused-ring (bicyclic) bond motifs is 1. The Kier molecular flexibility index (Phi) is 5.79. The molecule has 8 nitrogen and oxygen atoms in total. The van der Waals surface area contributed by atoms with Gasteiger partial charge in [0.2, 0.25) is 0 Å². The van der Waals surface area contributed by atoms with E-state index < -0.39 is 5.82 Å². The monoisotopic (exact) mass is 473 g/mol. The molecule has 0 spiro atoms. The zero-order valence-corrected chi connectivity index (χ0v) is 20.3. The lowest BCUT2D eigenvalue weighted by atomic mass is 10.1. The van der Waals surface area contributed by atoms with Gasteiger partial charge in [-0.25, -0.2) is 14.8 Å². The van der Waals surface area contributed by atoms with E-state index in [1.54, 1.807) is 6.07 Å². The van der Waals surface area contributed by atoms with Crippen molar-refractivity contribution < 1.29 is 9.18 Å². The summed E-state index contributed by atoms with van der Waals surface area (Å²) in [6.07, 6.45) is 0.914. The number of carbonyl (C=O) groups is 1. The second kappa shape index (κ2) is 8.80. The van der Waals surface area contributed by atoms with Gasteiger partial charge in [0.05, 0.1) is 16.9 Å². The molecule has 0 bridgehead atoms. The van der Waals surface area contributed by atoms with Crippen LogP contribution >= 0.6 is 0 Å². The first kappa shape index (κ1) is 23.0. The van der Waals surface area contributed by atoms with E-state index in [0.29, 0.717) is 48.5 Å². The Morgan fingerprint density at radius 1 is 1.26 bits per heavy atom. The topological polar surface area (TPSA) is 80.4 Å². The van der Waals surface area contributed by atoms with Crippen LogP contribution in [0, 0.1) is 24.1 Å². The minimum Gasteiger partial charge on any atom is -0.336 e. The van der Waals surface area contributed by atoms with E-state index in [0.717, 1.165) is 23.4 Å². The number of amides is 1. The highest BCUT2D eigenvalue weighted by atomic mass is 19.1. The Labute approximate surface area is 204 Å². The first-order chi connectivity index (χ1) is 16.8. The molecule has 0 saturated carbocycles. The maximum Gasteiger partial charge on any atom is 0.274 e. The molecule has 1 atom stereocenters. The molecule has 0 unspecified atom stereocenters. The van der Waals surface area contributed by atoms with Crippen molar-refractivity contribution in [1.82, 2.24) is 24.8 Å². The number of imidazole rings is 1. The summed E-state index contributed by atoms with van der Waals surface area (Å²) in [4.78, 5) is 22.3. The van der Waals surface area contributed by atoms with Crippen molar-refractivity contribution in [3.63, 3.8) is 0 Å². The van der Waals surface area contributed by atoms with Crippen LogP contribution in [0.3, 0.4) is 0 Å². The van der Waals surface area contributed by atoms with Gasteiger partial charge in [-0.15, -0.1) is 0 Å². The van der Waals surface area contributed by atoms with Gasteiger partial charge in [-0.2, -0.15) is 5.26 Å². The van der Waals surface area contributed by atoms with Gasteiger partial charge in [-0.1, -0.05) is 0 Å². The molecule has 2 aliphatic heterocycles. The molecule has 5 rings (SSSR count). The molecular weight excluding hydrogens is 445 g/mol. The van der Waals surface area contributed by atoms with Gasteiger partial charge in [-0.3, -0.25) is 9.36 Å². The second-order valence-corrected chi connectivity index (χ2v) is 9.38. The Bertz CT molecular complexity index is 1360. The number of nitriles is 1. The van der Waals surface area contributed by atoms with Gasteiger partial charge in [0.25, 0.3) is 5.91 Å². The van der Waals surface area contributed by atoms with Gasteiger partial charge in [0.1, 0.15) is 23.4 Å². The maximum atomic E-state index is 14.6. The molecule has 2 aliphatic rings. The summed E-state index contributed by atoms with van der Waals surface area (Å²) < 4.78 is 16.5. The third kappa shape index (κ3) is 3.95. The lowest BCUT2D eigenvalue weighted by Crippen LogP contribution is -2.34. The minimum absolute atomic E-state index is 0.0293. The highest BCUT2D eigenvalue weighted by molar-refractivity contribution is 5.95. The van der Waals surface area contributed by atoms with Crippen LogP contribution in [0.4, 0.5) is 10.1 Å². The van der Waals surface area contributed by atoms with Gasteiger partial charge in [-0.05, 0) is 69.4 Å². The molecule has 0 radical (unpaired) electrons. The number of benzene rings is 2. The fourth-order valence-electron chi connectivity index (χ4n) is 4.92. The van der Waals surface area contributed by atoms with Crippen molar-refractivity contribution in [2.75, 3.05) is 39.2 Å². The zero-order valence-electron chi connectivity index (χ0n) is 20.3. The molecule has 35 heavy (non-hydrogen) atoms. The maximum absolute atomic E-state index is 14.6. The fraction of sp³-hybridized carbons (Fsp3) is 0.346. The Hall–Kier alpha value is -3.74. The molecule has 180 valence electrons. The number of likely N-dealkylation sites (N-methyl/N-ethyl adjacent to an activating group) is 1. The van der Waals surface area contributed by atoms with E-state index in [9.17, 15) is 9.18 Å². The van der Waals surface area contributed by atoms with Crippen molar-refractivity contribution in [2.24, 2.45) is 0 Å². The number of halogens is 1. The van der Waals surface area contributed by atoms with Gasteiger partial charge < -0.3 is 14.8 Å². The number of anilines is 1. The molecule has 3 heterocycles. The normalized spacial score (nSPS) is 17.2. The molecule has 1 aromatic heterocycles. The molecule has 0 aliphatic carbocycles. The Balaban J connectivity index is 1.62. The van der Waals surface area contributed by atoms with Gasteiger partial charge in [0, 0.05) is 44.0 Å². The minimum atomic E-state index is -0.613. The predicted molar refractivity (Wildman–Crippen MR) is 132 cm³/mol. The van der Waals surface area contributed by atoms with Gasteiger partial charge in [0.15, 0.2) is 0 Å². The first-order valence-corrected chi connectivity index (χ1v) is 11.6. The number of likely N-dealkylation sites (tertiary alicyclic amines) is 1. The third-order valence-corrected chi connectivity index (χ3v) is 7.03. The molecule has 1 N–H and O–H groups in total. The summed E-state index contributed by atoms with van der Waals surface area (Å²) in [5, 5.41) is 11.1. The van der Waals surface area contributed by atoms with Gasteiger partial charge >= 0.3 is 0 Å². The number of aromatic nitrogens is 2. The van der Waals surface area contributed by atoms with Crippen LogP contribution in [0.2, 0.25) is 0 Å². The third-order valence-electron chi connectivity index (χ3n) is 7.03. The lowest BCUT2D eigenvalue weighted by Gasteiger charge is -2.20. The molecule has 2 aromatic carbocycles. The molecule has 9 heteroatoms. The van der Waals surface area contributed by atoms with Crippen LogP contribution in [0.25, 0.3) is 17.1 Å². The number of hydrazine groups is 1. The molecule has 1 amide bonds. The number of hydrogen-bond donors (Lipinski definition) is 1. The largest absolute Gasteiger partial charge is 0.336 e. The highest BCUT2D eigenvalue weighted by Gasteiger charge is 2.32. The quantitative estimate of drug-likeness (QED) is 0.627. The molecular formula is C26H28FN7O.